The van der Waals surface area contributed by atoms with Gasteiger partial charge in [-0.1, -0.05) is 30.3 Å². The van der Waals surface area contributed by atoms with Crippen molar-refractivity contribution in [3.8, 4) is 0 Å². The fraction of sp³-hybridized carbons (Fsp3) is 0.667. The summed E-state index contributed by atoms with van der Waals surface area (Å²) in [6.45, 7) is 4.27. The van der Waals surface area contributed by atoms with Gasteiger partial charge in [-0.15, -0.1) is 0 Å². The maximum absolute atomic E-state index is 6.21. The summed E-state index contributed by atoms with van der Waals surface area (Å²) in [4.78, 5) is 2.60. The first-order chi connectivity index (χ1) is 10.3. The van der Waals surface area contributed by atoms with E-state index >= 15 is 0 Å². The van der Waals surface area contributed by atoms with Gasteiger partial charge in [0.2, 0.25) is 0 Å². The van der Waals surface area contributed by atoms with Gasteiger partial charge in [0, 0.05) is 19.6 Å². The SMILES string of the molecule is NC[C@H]1CCC2(CCN(CCCc3ccccc3)CC2)O1. The highest BCUT2D eigenvalue weighted by Crippen LogP contribution is 2.38. The van der Waals surface area contributed by atoms with Crippen LogP contribution in [0.3, 0.4) is 0 Å². The van der Waals surface area contributed by atoms with Crippen molar-refractivity contribution in [1.29, 1.82) is 0 Å². The van der Waals surface area contributed by atoms with E-state index in [1.165, 1.54) is 57.3 Å². The lowest BCUT2D eigenvalue weighted by Gasteiger charge is -2.39. The topological polar surface area (TPSA) is 38.5 Å². The van der Waals surface area contributed by atoms with Crippen LogP contribution in [0, 0.1) is 0 Å². The minimum Gasteiger partial charge on any atom is -0.370 e. The Hall–Kier alpha value is -0.900. The molecule has 0 aromatic heterocycles. The number of benzene rings is 1. The zero-order valence-electron chi connectivity index (χ0n) is 13.0. The molecule has 2 fully saturated rings. The Labute approximate surface area is 128 Å². The van der Waals surface area contributed by atoms with Gasteiger partial charge in [0.05, 0.1) is 11.7 Å². The molecule has 1 atom stereocenters. The highest BCUT2D eigenvalue weighted by atomic mass is 16.5. The van der Waals surface area contributed by atoms with Gasteiger partial charge in [-0.25, -0.2) is 0 Å². The van der Waals surface area contributed by atoms with Gasteiger partial charge < -0.3 is 15.4 Å². The third kappa shape index (κ3) is 3.85. The number of hydrogen-bond donors (Lipinski definition) is 1. The zero-order valence-corrected chi connectivity index (χ0v) is 13.0. The van der Waals surface area contributed by atoms with Crippen LogP contribution >= 0.6 is 0 Å². The fourth-order valence-corrected chi connectivity index (χ4v) is 3.76. The van der Waals surface area contributed by atoms with Crippen LogP contribution < -0.4 is 5.73 Å². The van der Waals surface area contributed by atoms with Gasteiger partial charge in [-0.3, -0.25) is 0 Å². The van der Waals surface area contributed by atoms with E-state index < -0.39 is 0 Å². The molecule has 3 heteroatoms. The number of rotatable bonds is 5. The van der Waals surface area contributed by atoms with Gasteiger partial charge >= 0.3 is 0 Å². The predicted octanol–water partition coefficient (Wildman–Crippen LogP) is 2.59. The molecule has 0 amide bonds. The lowest BCUT2D eigenvalue weighted by molar-refractivity contribution is -0.0739. The van der Waals surface area contributed by atoms with Crippen LogP contribution in [0.5, 0.6) is 0 Å². The van der Waals surface area contributed by atoms with Gasteiger partial charge in [0.1, 0.15) is 0 Å². The highest BCUT2D eigenvalue weighted by molar-refractivity contribution is 5.14. The van der Waals surface area contributed by atoms with E-state index in [0.29, 0.717) is 12.6 Å². The van der Waals surface area contributed by atoms with Crippen molar-refractivity contribution in [2.75, 3.05) is 26.2 Å². The van der Waals surface area contributed by atoms with E-state index in [1.807, 2.05) is 0 Å². The van der Waals surface area contributed by atoms with Crippen molar-refractivity contribution in [3.63, 3.8) is 0 Å². The van der Waals surface area contributed by atoms with Crippen molar-refractivity contribution in [1.82, 2.24) is 4.90 Å². The van der Waals surface area contributed by atoms with Crippen LogP contribution in [0.4, 0.5) is 0 Å². The smallest absolute Gasteiger partial charge is 0.0712 e. The minimum atomic E-state index is 0.167. The Morgan fingerprint density at radius 2 is 1.90 bits per heavy atom. The number of nitrogens with zero attached hydrogens (tertiary/aromatic N) is 1. The first-order valence-electron chi connectivity index (χ1n) is 8.44. The molecule has 2 saturated heterocycles. The molecule has 0 aliphatic carbocycles. The zero-order chi connectivity index (χ0) is 14.5. The lowest BCUT2D eigenvalue weighted by Crippen LogP contribution is -2.45. The molecule has 0 bridgehead atoms. The monoisotopic (exact) mass is 288 g/mol. The predicted molar refractivity (Wildman–Crippen MR) is 86.3 cm³/mol. The summed E-state index contributed by atoms with van der Waals surface area (Å²) in [5.41, 5.74) is 7.36. The standard InChI is InChI=1S/C18H28N2O/c19-15-17-8-9-18(21-17)10-13-20(14-11-18)12-4-7-16-5-2-1-3-6-16/h1-3,5-6,17H,4,7-15,19H2/t17-/m1/s1. The van der Waals surface area contributed by atoms with Crippen molar-refractivity contribution >= 4 is 0 Å². The van der Waals surface area contributed by atoms with E-state index in [0.717, 1.165) is 6.42 Å². The van der Waals surface area contributed by atoms with Crippen molar-refractivity contribution < 1.29 is 4.74 Å². The molecule has 116 valence electrons. The molecular weight excluding hydrogens is 260 g/mol. The van der Waals surface area contributed by atoms with Gasteiger partial charge in [-0.2, -0.15) is 0 Å². The first kappa shape index (κ1) is 15.0. The van der Waals surface area contributed by atoms with E-state index in [9.17, 15) is 0 Å². The molecule has 2 aliphatic rings. The quantitative estimate of drug-likeness (QED) is 0.905. The lowest BCUT2D eigenvalue weighted by atomic mass is 9.88. The van der Waals surface area contributed by atoms with Crippen LogP contribution in [0.15, 0.2) is 30.3 Å². The van der Waals surface area contributed by atoms with Crippen LogP contribution in [-0.4, -0.2) is 42.8 Å². The van der Waals surface area contributed by atoms with Crippen molar-refractivity contribution in [2.45, 2.75) is 50.2 Å². The summed E-state index contributed by atoms with van der Waals surface area (Å²) in [5, 5.41) is 0. The third-order valence-electron chi connectivity index (χ3n) is 5.15. The molecule has 1 aromatic carbocycles. The van der Waals surface area contributed by atoms with Gasteiger partial charge in [0.15, 0.2) is 0 Å². The van der Waals surface area contributed by atoms with E-state index in [-0.39, 0.29) is 5.60 Å². The van der Waals surface area contributed by atoms with Gasteiger partial charge in [-0.05, 0) is 50.6 Å². The van der Waals surface area contributed by atoms with Crippen molar-refractivity contribution in [3.05, 3.63) is 35.9 Å². The first-order valence-corrected chi connectivity index (χ1v) is 8.44. The van der Waals surface area contributed by atoms with Crippen LogP contribution in [0.25, 0.3) is 0 Å². The Balaban J connectivity index is 1.38. The average molecular weight is 288 g/mol. The second-order valence-corrected chi connectivity index (χ2v) is 6.63. The van der Waals surface area contributed by atoms with Crippen molar-refractivity contribution in [2.24, 2.45) is 5.73 Å². The van der Waals surface area contributed by atoms with Crippen LogP contribution in [-0.2, 0) is 11.2 Å². The molecule has 2 aliphatic heterocycles. The number of piperidine rings is 1. The molecule has 2 heterocycles. The summed E-state index contributed by atoms with van der Waals surface area (Å²) < 4.78 is 6.21. The summed E-state index contributed by atoms with van der Waals surface area (Å²) in [6.07, 6.45) is 7.51. The van der Waals surface area contributed by atoms with Crippen LogP contribution in [0.2, 0.25) is 0 Å². The second-order valence-electron chi connectivity index (χ2n) is 6.63. The summed E-state index contributed by atoms with van der Waals surface area (Å²) in [6, 6.07) is 10.8. The Morgan fingerprint density at radius 3 is 2.57 bits per heavy atom. The Kier molecular flexibility index (Phi) is 4.94. The summed E-state index contributed by atoms with van der Waals surface area (Å²) in [7, 11) is 0. The molecule has 1 aromatic rings. The molecular formula is C18H28N2O. The minimum absolute atomic E-state index is 0.167. The number of ether oxygens (including phenoxy) is 1. The molecule has 3 nitrogen and oxygen atoms in total. The van der Waals surface area contributed by atoms with E-state index in [1.54, 1.807) is 0 Å². The molecule has 2 N–H and O–H groups in total. The fourth-order valence-electron chi connectivity index (χ4n) is 3.76. The molecule has 1 spiro atoms. The van der Waals surface area contributed by atoms with E-state index in [4.69, 9.17) is 10.5 Å². The number of aryl methyl sites for hydroxylation is 1. The Morgan fingerprint density at radius 1 is 1.14 bits per heavy atom. The van der Waals surface area contributed by atoms with Gasteiger partial charge in [0.25, 0.3) is 0 Å². The molecule has 21 heavy (non-hydrogen) atoms. The summed E-state index contributed by atoms with van der Waals surface area (Å²) >= 11 is 0. The second kappa shape index (κ2) is 6.91. The average Bonchev–Trinajstić information content (AvgIpc) is 2.94. The number of hydrogen-bond acceptors (Lipinski definition) is 3. The third-order valence-corrected chi connectivity index (χ3v) is 5.15. The highest BCUT2D eigenvalue weighted by Gasteiger charge is 2.41. The molecule has 0 unspecified atom stereocenters. The number of likely N-dealkylation sites (tertiary alicyclic amines) is 1. The maximum Gasteiger partial charge on any atom is 0.0712 e. The normalized spacial score (nSPS) is 25.5. The number of nitrogens with two attached hydrogens (primary N) is 1. The maximum atomic E-state index is 6.21. The van der Waals surface area contributed by atoms with Crippen LogP contribution in [0.1, 0.15) is 37.7 Å². The molecule has 0 radical (unpaired) electrons. The largest absolute Gasteiger partial charge is 0.370 e. The molecule has 0 saturated carbocycles. The summed E-state index contributed by atoms with van der Waals surface area (Å²) in [5.74, 6) is 0. The van der Waals surface area contributed by atoms with E-state index in [2.05, 4.69) is 35.2 Å². The molecule has 3 rings (SSSR count). The Bertz CT molecular complexity index is 426.